The summed E-state index contributed by atoms with van der Waals surface area (Å²) in [7, 11) is -0.750. The zero-order valence-corrected chi connectivity index (χ0v) is 15.8. The molecule has 0 fully saturated rings. The van der Waals surface area contributed by atoms with Gasteiger partial charge in [0.1, 0.15) is 11.5 Å². The van der Waals surface area contributed by atoms with Crippen LogP contribution in [0.3, 0.4) is 0 Å². The summed E-state index contributed by atoms with van der Waals surface area (Å²) >= 11 is 0. The highest BCUT2D eigenvalue weighted by molar-refractivity contribution is 7.51. The fraction of sp³-hybridized carbons (Fsp3) is 0.588. The molecule has 1 aromatic rings. The topological polar surface area (TPSA) is 105 Å². The molecule has 142 valence electrons. The molecule has 7 nitrogen and oxygen atoms in total. The average Bonchev–Trinajstić information content (AvgIpc) is 2.56. The van der Waals surface area contributed by atoms with Crippen molar-refractivity contribution >= 4 is 19.2 Å². The number of carbonyl (C=O) groups is 1. The summed E-state index contributed by atoms with van der Waals surface area (Å²) in [4.78, 5) is 29.5. The number of benzene rings is 1. The number of carbonyl (C=O) groups excluding carboxylic acids is 1. The number of ether oxygens (including phenoxy) is 2. The zero-order chi connectivity index (χ0) is 18.7. The normalized spacial score (nSPS) is 11.2. The van der Waals surface area contributed by atoms with Crippen molar-refractivity contribution in [2.24, 2.45) is 0 Å². The maximum atomic E-state index is 12.0. The van der Waals surface area contributed by atoms with Crippen molar-refractivity contribution in [3.8, 4) is 11.5 Å². The van der Waals surface area contributed by atoms with Crippen LogP contribution in [0.15, 0.2) is 18.2 Å². The molecule has 0 aliphatic heterocycles. The Morgan fingerprint density at radius 1 is 1.04 bits per heavy atom. The lowest BCUT2D eigenvalue weighted by molar-refractivity contribution is -0.116. The molecule has 1 amide bonds. The molecule has 25 heavy (non-hydrogen) atoms. The van der Waals surface area contributed by atoms with Gasteiger partial charge in [0, 0.05) is 18.6 Å². The summed E-state index contributed by atoms with van der Waals surface area (Å²) in [6.45, 7) is 0. The molecule has 0 saturated heterocycles. The van der Waals surface area contributed by atoms with Gasteiger partial charge in [-0.3, -0.25) is 9.36 Å². The van der Waals surface area contributed by atoms with Crippen LogP contribution in [-0.4, -0.2) is 36.1 Å². The lowest BCUT2D eigenvalue weighted by Crippen LogP contribution is -2.12. The highest BCUT2D eigenvalue weighted by Gasteiger charge is 2.11. The molecule has 0 radical (unpaired) electrons. The first-order valence-corrected chi connectivity index (χ1v) is 10.2. The van der Waals surface area contributed by atoms with Crippen molar-refractivity contribution in [3.63, 3.8) is 0 Å². The van der Waals surface area contributed by atoms with Crippen LogP contribution < -0.4 is 14.8 Å². The summed E-state index contributed by atoms with van der Waals surface area (Å²) in [6.07, 6.45) is 5.32. The molecule has 0 bridgehead atoms. The van der Waals surface area contributed by atoms with Crippen molar-refractivity contribution < 1.29 is 28.6 Å². The fourth-order valence-electron chi connectivity index (χ4n) is 2.42. The Morgan fingerprint density at radius 2 is 1.68 bits per heavy atom. The van der Waals surface area contributed by atoms with Crippen molar-refractivity contribution in [2.75, 3.05) is 25.7 Å². The third-order valence-electron chi connectivity index (χ3n) is 3.79. The molecular weight excluding hydrogens is 345 g/mol. The van der Waals surface area contributed by atoms with E-state index in [1.165, 1.54) is 7.11 Å². The van der Waals surface area contributed by atoms with E-state index in [1.807, 2.05) is 0 Å². The van der Waals surface area contributed by atoms with Crippen LogP contribution in [0, 0.1) is 0 Å². The van der Waals surface area contributed by atoms with E-state index in [0.29, 0.717) is 30.0 Å². The Labute approximate surface area is 148 Å². The Balaban J connectivity index is 2.20. The number of anilines is 1. The third-order valence-corrected chi connectivity index (χ3v) is 4.68. The second-order valence-electron chi connectivity index (χ2n) is 5.87. The SMILES string of the molecule is COc1ccc(NC(=O)CCCCCCCCP(=O)(O)O)c(OC)c1. The minimum absolute atomic E-state index is 0.0426. The minimum atomic E-state index is -3.86. The standard InChI is InChI=1S/C17H28NO6P/c1-23-14-10-11-15(16(13-14)24-2)18-17(19)9-7-5-3-4-6-8-12-25(20,21)22/h10-11,13H,3-9,12H2,1-2H3,(H,18,19)(H2,20,21,22). The van der Waals surface area contributed by atoms with Gasteiger partial charge < -0.3 is 24.6 Å². The van der Waals surface area contributed by atoms with Crippen LogP contribution in [0.2, 0.25) is 0 Å². The van der Waals surface area contributed by atoms with E-state index in [9.17, 15) is 9.36 Å². The van der Waals surface area contributed by atoms with Crippen LogP contribution in [0.5, 0.6) is 11.5 Å². The Kier molecular flexibility index (Phi) is 9.57. The number of unbranched alkanes of at least 4 members (excludes halogenated alkanes) is 5. The van der Waals surface area contributed by atoms with E-state index < -0.39 is 7.60 Å². The van der Waals surface area contributed by atoms with Gasteiger partial charge in [-0.2, -0.15) is 0 Å². The van der Waals surface area contributed by atoms with Gasteiger partial charge >= 0.3 is 7.60 Å². The Bertz CT molecular complexity index is 587. The predicted molar refractivity (Wildman–Crippen MR) is 97.4 cm³/mol. The van der Waals surface area contributed by atoms with Crippen molar-refractivity contribution in [3.05, 3.63) is 18.2 Å². The average molecular weight is 373 g/mol. The predicted octanol–water partition coefficient (Wildman–Crippen LogP) is 3.55. The Hall–Kier alpha value is -1.56. The van der Waals surface area contributed by atoms with Crippen LogP contribution in [0.4, 0.5) is 5.69 Å². The summed E-state index contributed by atoms with van der Waals surface area (Å²) in [5.74, 6) is 1.15. The van der Waals surface area contributed by atoms with E-state index in [-0.39, 0.29) is 12.1 Å². The molecule has 0 aliphatic carbocycles. The lowest BCUT2D eigenvalue weighted by atomic mass is 10.1. The van der Waals surface area contributed by atoms with Crippen molar-refractivity contribution in [2.45, 2.75) is 44.9 Å². The maximum Gasteiger partial charge on any atom is 0.325 e. The van der Waals surface area contributed by atoms with Gasteiger partial charge in [0.15, 0.2) is 0 Å². The molecule has 3 N–H and O–H groups in total. The molecule has 8 heteroatoms. The monoisotopic (exact) mass is 373 g/mol. The van der Waals surface area contributed by atoms with Gasteiger partial charge in [-0.05, 0) is 25.0 Å². The van der Waals surface area contributed by atoms with Crippen LogP contribution in [0.25, 0.3) is 0 Å². The lowest BCUT2D eigenvalue weighted by Gasteiger charge is -2.11. The number of rotatable bonds is 12. The number of methoxy groups -OCH3 is 2. The molecule has 0 heterocycles. The first-order chi connectivity index (χ1) is 11.9. The van der Waals surface area contributed by atoms with Crippen molar-refractivity contribution in [1.29, 1.82) is 0 Å². The first kappa shape index (κ1) is 21.5. The summed E-state index contributed by atoms with van der Waals surface area (Å²) in [5.41, 5.74) is 0.616. The molecule has 0 saturated carbocycles. The number of hydrogen-bond donors (Lipinski definition) is 3. The van der Waals surface area contributed by atoms with Gasteiger partial charge in [0.2, 0.25) is 5.91 Å². The molecule has 0 atom stereocenters. The van der Waals surface area contributed by atoms with Gasteiger partial charge in [-0.25, -0.2) is 0 Å². The maximum absolute atomic E-state index is 12.0. The quantitative estimate of drug-likeness (QED) is 0.382. The summed E-state index contributed by atoms with van der Waals surface area (Å²) < 4.78 is 21.1. The highest BCUT2D eigenvalue weighted by Crippen LogP contribution is 2.35. The molecule has 0 aliphatic rings. The molecule has 0 aromatic heterocycles. The first-order valence-electron chi connectivity index (χ1n) is 8.42. The molecular formula is C17H28NO6P. The number of nitrogens with one attached hydrogen (secondary N) is 1. The largest absolute Gasteiger partial charge is 0.497 e. The van der Waals surface area contributed by atoms with Crippen LogP contribution >= 0.6 is 7.60 Å². The number of hydrogen-bond acceptors (Lipinski definition) is 4. The Morgan fingerprint density at radius 3 is 2.28 bits per heavy atom. The minimum Gasteiger partial charge on any atom is -0.497 e. The highest BCUT2D eigenvalue weighted by atomic mass is 31.2. The summed E-state index contributed by atoms with van der Waals surface area (Å²) in [5, 5.41) is 2.83. The van der Waals surface area contributed by atoms with Crippen molar-refractivity contribution in [1.82, 2.24) is 0 Å². The van der Waals surface area contributed by atoms with E-state index in [0.717, 1.165) is 32.1 Å². The van der Waals surface area contributed by atoms with E-state index >= 15 is 0 Å². The van der Waals surface area contributed by atoms with E-state index in [4.69, 9.17) is 19.3 Å². The van der Waals surface area contributed by atoms with Gasteiger partial charge in [0.25, 0.3) is 0 Å². The van der Waals surface area contributed by atoms with Gasteiger partial charge in [-0.15, -0.1) is 0 Å². The fourth-order valence-corrected chi connectivity index (χ4v) is 3.06. The second kappa shape index (κ2) is 11.1. The summed E-state index contributed by atoms with van der Waals surface area (Å²) in [6, 6.07) is 5.22. The smallest absolute Gasteiger partial charge is 0.325 e. The van der Waals surface area contributed by atoms with Crippen LogP contribution in [0.1, 0.15) is 44.9 Å². The zero-order valence-electron chi connectivity index (χ0n) is 14.9. The van der Waals surface area contributed by atoms with Crippen LogP contribution in [-0.2, 0) is 9.36 Å². The second-order valence-corrected chi connectivity index (χ2v) is 7.65. The van der Waals surface area contributed by atoms with Gasteiger partial charge in [-0.1, -0.05) is 25.7 Å². The molecule has 0 spiro atoms. The molecule has 1 rings (SSSR count). The van der Waals surface area contributed by atoms with E-state index in [1.54, 1.807) is 25.3 Å². The van der Waals surface area contributed by atoms with E-state index in [2.05, 4.69) is 5.32 Å². The van der Waals surface area contributed by atoms with Gasteiger partial charge in [0.05, 0.1) is 19.9 Å². The third kappa shape index (κ3) is 9.48. The molecule has 1 aromatic carbocycles. The molecule has 0 unspecified atom stereocenters. The number of amides is 1.